The van der Waals surface area contributed by atoms with E-state index in [1.165, 1.54) is 22.0 Å². The molecule has 6 heteroatoms. The van der Waals surface area contributed by atoms with Crippen LogP contribution in [0, 0.1) is 0 Å². The maximum absolute atomic E-state index is 13.2. The lowest BCUT2D eigenvalue weighted by Gasteiger charge is -2.30. The lowest BCUT2D eigenvalue weighted by molar-refractivity contribution is 0.112. The molecule has 26 heavy (non-hydrogen) atoms. The van der Waals surface area contributed by atoms with Gasteiger partial charge < -0.3 is 5.11 Å². The van der Waals surface area contributed by atoms with Crippen LogP contribution in [0.4, 0.5) is 0 Å². The van der Waals surface area contributed by atoms with E-state index in [-0.39, 0.29) is 10.9 Å². The fraction of sp³-hybridized carbons (Fsp3) is 0.400. The molecule has 0 heterocycles. The summed E-state index contributed by atoms with van der Waals surface area (Å²) in [6.07, 6.45) is 3.09. The molecule has 0 unspecified atom stereocenters. The molecule has 1 fully saturated rings. The molecular formula is C20H24ClNO3S. The van der Waals surface area contributed by atoms with Gasteiger partial charge in [0, 0.05) is 11.6 Å². The third-order valence-corrected chi connectivity index (χ3v) is 7.11. The maximum Gasteiger partial charge on any atom is 0.243 e. The van der Waals surface area contributed by atoms with Crippen LogP contribution < -0.4 is 0 Å². The van der Waals surface area contributed by atoms with Gasteiger partial charge in [0.1, 0.15) is 0 Å². The monoisotopic (exact) mass is 393 g/mol. The average molecular weight is 394 g/mol. The first-order chi connectivity index (χ1) is 12.5. The van der Waals surface area contributed by atoms with Gasteiger partial charge in [0.2, 0.25) is 10.0 Å². The highest BCUT2D eigenvalue weighted by Gasteiger charge is 2.37. The highest BCUT2D eigenvalue weighted by molar-refractivity contribution is 7.89. The third kappa shape index (κ3) is 4.46. The number of hydrogen-bond donors (Lipinski definition) is 1. The van der Waals surface area contributed by atoms with Crippen molar-refractivity contribution in [2.75, 3.05) is 6.54 Å². The zero-order chi connectivity index (χ0) is 18.6. The summed E-state index contributed by atoms with van der Waals surface area (Å²) in [7, 11) is -3.67. The zero-order valence-corrected chi connectivity index (χ0v) is 16.2. The summed E-state index contributed by atoms with van der Waals surface area (Å²) in [5.41, 5.74) is 1.18. The Hall–Kier alpha value is -1.40. The Labute approximate surface area is 160 Å². The molecule has 4 nitrogen and oxygen atoms in total. The molecule has 1 aliphatic carbocycles. The van der Waals surface area contributed by atoms with Gasteiger partial charge in [-0.05, 0) is 61.9 Å². The number of halogens is 1. The number of benzene rings is 2. The van der Waals surface area contributed by atoms with E-state index in [1.54, 1.807) is 12.1 Å². The maximum atomic E-state index is 13.2. The van der Waals surface area contributed by atoms with Crippen molar-refractivity contribution in [3.8, 4) is 0 Å². The number of nitrogens with zero attached hydrogens (tertiary/aromatic N) is 1. The van der Waals surface area contributed by atoms with Crippen molar-refractivity contribution >= 4 is 21.6 Å². The highest BCUT2D eigenvalue weighted by Crippen LogP contribution is 2.30. The van der Waals surface area contributed by atoms with Gasteiger partial charge in [0.15, 0.2) is 0 Å². The van der Waals surface area contributed by atoms with Crippen LogP contribution in [-0.4, -0.2) is 36.5 Å². The van der Waals surface area contributed by atoms with Gasteiger partial charge >= 0.3 is 0 Å². The molecule has 0 bridgehead atoms. The predicted molar refractivity (Wildman–Crippen MR) is 104 cm³/mol. The Morgan fingerprint density at radius 2 is 1.73 bits per heavy atom. The van der Waals surface area contributed by atoms with Crippen LogP contribution in [0.25, 0.3) is 0 Å². The van der Waals surface area contributed by atoms with E-state index >= 15 is 0 Å². The van der Waals surface area contributed by atoms with Crippen LogP contribution in [0.1, 0.15) is 31.2 Å². The quantitative estimate of drug-likeness (QED) is 0.776. The van der Waals surface area contributed by atoms with E-state index in [1.807, 2.05) is 30.3 Å². The van der Waals surface area contributed by atoms with Gasteiger partial charge in [-0.1, -0.05) is 41.9 Å². The average Bonchev–Trinajstić information content (AvgIpc) is 3.05. The number of aliphatic hydroxyl groups is 1. The first-order valence-corrected chi connectivity index (χ1v) is 10.8. The molecule has 0 spiro atoms. The fourth-order valence-corrected chi connectivity index (χ4v) is 5.40. The lowest BCUT2D eigenvalue weighted by atomic mass is 10.1. The fourth-order valence-electron chi connectivity index (χ4n) is 3.55. The van der Waals surface area contributed by atoms with E-state index < -0.39 is 16.1 Å². The third-order valence-electron chi connectivity index (χ3n) is 4.92. The predicted octanol–water partition coefficient (Wildman–Crippen LogP) is 3.88. The molecule has 1 aliphatic rings. The smallest absolute Gasteiger partial charge is 0.243 e. The van der Waals surface area contributed by atoms with Crippen LogP contribution in [0.15, 0.2) is 59.5 Å². The molecule has 0 amide bonds. The molecule has 1 N–H and O–H groups in total. The second kappa shape index (κ2) is 8.53. The number of rotatable bonds is 7. The van der Waals surface area contributed by atoms with Crippen LogP contribution in [0.5, 0.6) is 0 Å². The SMILES string of the molecule is O=S(=O)(c1ccc(Cl)cc1)N(CCCc1ccccc1)[C@H]1CCC[C@@H]1O. The van der Waals surface area contributed by atoms with Crippen molar-refractivity contribution in [3.05, 3.63) is 65.2 Å². The molecular weight excluding hydrogens is 370 g/mol. The second-order valence-corrected chi connectivity index (χ2v) is 9.05. The molecule has 0 radical (unpaired) electrons. The summed E-state index contributed by atoms with van der Waals surface area (Å²) in [4.78, 5) is 0.223. The Balaban J connectivity index is 1.79. The number of hydrogen-bond acceptors (Lipinski definition) is 3. The van der Waals surface area contributed by atoms with E-state index in [0.29, 0.717) is 30.8 Å². The van der Waals surface area contributed by atoms with E-state index in [2.05, 4.69) is 0 Å². The molecule has 2 aromatic rings. The second-order valence-electron chi connectivity index (χ2n) is 6.72. The van der Waals surface area contributed by atoms with Gasteiger partial charge in [0.05, 0.1) is 17.0 Å². The minimum Gasteiger partial charge on any atom is -0.391 e. The Bertz CT molecular complexity index is 809. The van der Waals surface area contributed by atoms with Crippen molar-refractivity contribution in [3.63, 3.8) is 0 Å². The number of sulfonamides is 1. The Kier molecular flexibility index (Phi) is 6.35. The van der Waals surface area contributed by atoms with Gasteiger partial charge in [-0.2, -0.15) is 4.31 Å². The Morgan fingerprint density at radius 1 is 1.04 bits per heavy atom. The van der Waals surface area contributed by atoms with E-state index in [0.717, 1.165) is 12.8 Å². The van der Waals surface area contributed by atoms with E-state index in [9.17, 15) is 13.5 Å². The van der Waals surface area contributed by atoms with Crippen LogP contribution in [0.2, 0.25) is 5.02 Å². The normalized spacial score (nSPS) is 20.6. The molecule has 2 atom stereocenters. The van der Waals surface area contributed by atoms with Crippen LogP contribution in [0.3, 0.4) is 0 Å². The topological polar surface area (TPSA) is 57.6 Å². The summed E-state index contributed by atoms with van der Waals surface area (Å²) in [5, 5.41) is 10.8. The van der Waals surface area contributed by atoms with Crippen molar-refractivity contribution in [2.24, 2.45) is 0 Å². The van der Waals surface area contributed by atoms with Gasteiger partial charge in [-0.15, -0.1) is 0 Å². The summed E-state index contributed by atoms with van der Waals surface area (Å²) in [6, 6.07) is 15.9. The first kappa shape index (κ1) is 19.4. The van der Waals surface area contributed by atoms with Gasteiger partial charge in [-0.25, -0.2) is 8.42 Å². The Morgan fingerprint density at radius 3 is 2.35 bits per heavy atom. The van der Waals surface area contributed by atoms with Gasteiger partial charge in [0.25, 0.3) is 0 Å². The van der Waals surface area contributed by atoms with Crippen molar-refractivity contribution in [1.82, 2.24) is 4.31 Å². The minimum atomic E-state index is -3.67. The lowest BCUT2D eigenvalue weighted by Crippen LogP contribution is -2.45. The van der Waals surface area contributed by atoms with Crippen molar-refractivity contribution < 1.29 is 13.5 Å². The van der Waals surface area contributed by atoms with E-state index in [4.69, 9.17) is 11.6 Å². The molecule has 140 valence electrons. The van der Waals surface area contributed by atoms with Crippen molar-refractivity contribution in [1.29, 1.82) is 0 Å². The molecule has 1 saturated carbocycles. The molecule has 2 aromatic carbocycles. The summed E-state index contributed by atoms with van der Waals surface area (Å²) in [6.45, 7) is 0.390. The molecule has 0 aliphatic heterocycles. The number of aliphatic hydroxyl groups excluding tert-OH is 1. The van der Waals surface area contributed by atoms with Crippen molar-refractivity contribution in [2.45, 2.75) is 49.1 Å². The summed E-state index contributed by atoms with van der Waals surface area (Å²) in [5.74, 6) is 0. The van der Waals surface area contributed by atoms with Gasteiger partial charge in [-0.3, -0.25) is 0 Å². The standard InChI is InChI=1S/C20H24ClNO3S/c21-17-11-13-18(14-12-17)26(24,25)22(19-9-4-10-20(19)23)15-5-8-16-6-2-1-3-7-16/h1-3,6-7,11-14,19-20,23H,4-5,8-10,15H2/t19-,20-/m0/s1. The summed E-state index contributed by atoms with van der Waals surface area (Å²) < 4.78 is 27.9. The minimum absolute atomic E-state index is 0.223. The zero-order valence-electron chi connectivity index (χ0n) is 14.6. The highest BCUT2D eigenvalue weighted by atomic mass is 35.5. The van der Waals surface area contributed by atoms with Crippen LogP contribution >= 0.6 is 11.6 Å². The molecule has 0 aromatic heterocycles. The first-order valence-electron chi connectivity index (χ1n) is 8.98. The molecule has 3 rings (SSSR count). The number of aryl methyl sites for hydroxylation is 1. The summed E-state index contributed by atoms with van der Waals surface area (Å²) >= 11 is 5.89. The van der Waals surface area contributed by atoms with Crippen LogP contribution in [-0.2, 0) is 16.4 Å². The molecule has 0 saturated heterocycles. The largest absolute Gasteiger partial charge is 0.391 e.